The van der Waals surface area contributed by atoms with E-state index in [0.29, 0.717) is 38.9 Å². The molecule has 41 nitrogen and oxygen atoms in total. The number of hydrogen-bond donors (Lipinski definition) is 8. The van der Waals surface area contributed by atoms with Crippen molar-refractivity contribution < 1.29 is 155 Å². The van der Waals surface area contributed by atoms with Gasteiger partial charge in [-0.1, -0.05) is 228 Å². The predicted molar refractivity (Wildman–Crippen MR) is 449 cm³/mol. The molecule has 0 amide bonds. The van der Waals surface area contributed by atoms with Gasteiger partial charge in [-0.2, -0.15) is 0 Å². The number of methoxy groups -OCH3 is 2. The minimum atomic E-state index is -3.00. The first-order valence-corrected chi connectivity index (χ1v) is 42.3. The highest BCUT2D eigenvalue weighted by molar-refractivity contribution is 5.76. The number of ether oxygens (including phenoxy) is 21. The Kier molecular flexibility index (Phi) is 36.0. The highest BCUT2D eigenvalue weighted by atomic mass is 16.8. The number of rotatable bonds is 42. The summed E-state index contributed by atoms with van der Waals surface area (Å²) < 4.78 is 134. The van der Waals surface area contributed by atoms with Crippen LogP contribution in [-0.2, 0) is 160 Å². The van der Waals surface area contributed by atoms with E-state index in [2.05, 4.69) is 30.1 Å². The molecule has 131 heavy (non-hydrogen) atoms. The summed E-state index contributed by atoms with van der Waals surface area (Å²) in [6, 6.07) is 56.5. The van der Waals surface area contributed by atoms with Gasteiger partial charge in [0.25, 0.3) is 0 Å². The Morgan fingerprint density at radius 3 is 0.969 bits per heavy atom. The Labute approximate surface area is 751 Å². The van der Waals surface area contributed by atoms with E-state index in [4.69, 9.17) is 99.5 Å². The van der Waals surface area contributed by atoms with E-state index in [0.717, 1.165) is 14.2 Å². The van der Waals surface area contributed by atoms with E-state index in [1.807, 2.05) is 0 Å². The molecular weight excluding hydrogens is 1720 g/mol. The average Bonchev–Trinajstić information content (AvgIpc) is 0.747. The van der Waals surface area contributed by atoms with Crippen molar-refractivity contribution in [3.63, 3.8) is 0 Å². The highest BCUT2D eigenvalue weighted by Gasteiger charge is 2.64. The van der Waals surface area contributed by atoms with E-state index in [9.17, 15) is 71.8 Å². The fourth-order valence-corrected chi connectivity index (χ4v) is 16.2. The van der Waals surface area contributed by atoms with Gasteiger partial charge in [-0.05, 0) is 69.4 Å². The van der Waals surface area contributed by atoms with Gasteiger partial charge < -0.3 is 140 Å². The maximum atomic E-state index is 14.9. The highest BCUT2D eigenvalue weighted by Crippen LogP contribution is 2.44. The molecule has 7 aromatic rings. The fraction of sp³-hybridized carbons (Fsp3) is 0.500. The van der Waals surface area contributed by atoms with Crippen LogP contribution in [0.1, 0.15) is 52.8 Å². The first-order valence-electron chi connectivity index (χ1n) is 42.3. The number of aliphatic hydroxyl groups excluding tert-OH is 6. The number of aliphatic hydroxyl groups is 7. The van der Waals surface area contributed by atoms with Crippen molar-refractivity contribution in [2.45, 2.75) is 250 Å². The number of hydrogen-bond acceptors (Lipinski definition) is 34. The maximum absolute atomic E-state index is 14.9. The van der Waals surface area contributed by atoms with Crippen LogP contribution in [0.3, 0.4) is 0 Å². The molecule has 0 aliphatic carbocycles. The normalized spacial score (nSPS) is 33.1. The van der Waals surface area contributed by atoms with E-state index in [1.165, 1.54) is 0 Å². The summed E-state index contributed by atoms with van der Waals surface area (Å²) in [6.45, 7) is -1.67. The third kappa shape index (κ3) is 24.5. The molecule has 6 saturated heterocycles. The lowest BCUT2D eigenvalue weighted by Gasteiger charge is -2.52. The molecule has 13 rings (SSSR count). The van der Waals surface area contributed by atoms with Gasteiger partial charge in [0, 0.05) is 14.7 Å². The summed E-state index contributed by atoms with van der Waals surface area (Å²) in [7, 11) is 1.98. The van der Waals surface area contributed by atoms with Crippen molar-refractivity contribution in [2.24, 2.45) is 15.3 Å². The number of esters is 2. The quantitative estimate of drug-likeness (QED) is 0.00861. The summed E-state index contributed by atoms with van der Waals surface area (Å²) in [5, 5.41) is 109. The van der Waals surface area contributed by atoms with Crippen LogP contribution in [0, 0.1) is 0 Å². The molecule has 6 aliphatic heterocycles. The third-order valence-electron chi connectivity index (χ3n) is 22.6. The van der Waals surface area contributed by atoms with Crippen LogP contribution in [-0.4, -0.2) is 283 Å². The summed E-state index contributed by atoms with van der Waals surface area (Å²) in [4.78, 5) is 52.4. The number of nitrogens with zero attached hydrogens (tertiary/aromatic N) is 9. The summed E-state index contributed by atoms with van der Waals surface area (Å²) in [5.41, 5.74) is 32.6. The number of carbonyl (C=O) groups excluding carboxylic acids is 2. The number of carbonyl (C=O) groups is 3. The molecule has 0 spiro atoms. The predicted octanol–water partition coefficient (Wildman–Crippen LogP) is 6.63. The van der Waals surface area contributed by atoms with Crippen molar-refractivity contribution in [3.8, 4) is 0 Å². The zero-order valence-corrected chi connectivity index (χ0v) is 71.5. The van der Waals surface area contributed by atoms with Crippen LogP contribution >= 0.6 is 0 Å². The van der Waals surface area contributed by atoms with Crippen molar-refractivity contribution in [1.82, 2.24) is 0 Å². The van der Waals surface area contributed by atoms with Crippen molar-refractivity contribution in [2.75, 3.05) is 34.0 Å². The van der Waals surface area contributed by atoms with E-state index >= 15 is 0 Å². The zero-order valence-electron chi connectivity index (χ0n) is 71.5. The molecule has 6 aliphatic rings. The smallest absolute Gasteiger partial charge is 0.337 e. The Balaban J connectivity index is 0.833. The monoisotopic (exact) mass is 1820 g/mol. The molecule has 30 atom stereocenters. The van der Waals surface area contributed by atoms with Crippen LogP contribution in [0.15, 0.2) is 228 Å². The van der Waals surface area contributed by atoms with Gasteiger partial charge in [-0.3, -0.25) is 0 Å². The van der Waals surface area contributed by atoms with Gasteiger partial charge in [-0.25, -0.2) is 14.4 Å². The topological polar surface area (TPSA) is 553 Å². The molecule has 0 radical (unpaired) electrons. The van der Waals surface area contributed by atoms with Gasteiger partial charge in [0.1, 0.15) is 122 Å². The standard InChI is InChI=1S/C90H105N9O32/c1-50(2)120-86-63(103)71(116-46-54-32-18-8-19-33-54)74(77(128-86)81(106)107)126-84-61(94-97-91)69(114-44-52-28-14-6-15-29-52)66(58(40-100)121-84)124-87-64(104)72(117-47-55-34-20-9-21-35-55)75(78(129-87)82(108)111-3)127-85-62(95-98-92)70(115-45-53-30-16-7-17-31-53)67(59(41-101)122-85)125-88-65(105)73(118-48-56-36-22-10-23-37-56)76(79(130-88)83(109)112-4)131-89-90(110,96-99-93)80(119-49-57-38-24-11-25-39-57)68(60(42-102)123-89)113-43-51-26-12-5-13-27-51/h5-39,50,58-80,84-89,100-105,110H,40-49H2,1-4H3,(H,106,107)/t58-,59-,60-,61-,62-,63-,64-,65-,66-,67-,68-,69-,70-,71-,72-,73-,74+,75+,76+,77-,78-,79-,80+,84-,85-,86-,87-,88-,89-,90-/m1/s1. The second-order valence-corrected chi connectivity index (χ2v) is 31.6. The van der Waals surface area contributed by atoms with Crippen LogP contribution in [0.4, 0.5) is 0 Å². The molecule has 41 heteroatoms. The number of benzene rings is 7. The Hall–Kier alpha value is -10.2. The van der Waals surface area contributed by atoms with Crippen molar-refractivity contribution in [1.29, 1.82) is 0 Å². The van der Waals surface area contributed by atoms with Crippen molar-refractivity contribution in [3.05, 3.63) is 283 Å². The molecular formula is C90H105N9O32. The van der Waals surface area contributed by atoms with Crippen LogP contribution < -0.4 is 0 Å². The molecule has 702 valence electrons. The molecule has 0 aromatic heterocycles. The van der Waals surface area contributed by atoms with E-state index in [1.54, 1.807) is 226 Å². The maximum Gasteiger partial charge on any atom is 0.337 e. The Morgan fingerprint density at radius 1 is 0.366 bits per heavy atom. The average molecular weight is 1820 g/mol. The third-order valence-corrected chi connectivity index (χ3v) is 22.6. The van der Waals surface area contributed by atoms with Crippen LogP contribution in [0.2, 0.25) is 0 Å². The van der Waals surface area contributed by atoms with E-state index in [-0.39, 0.29) is 46.2 Å². The minimum Gasteiger partial charge on any atom is -0.479 e. The van der Waals surface area contributed by atoms with Gasteiger partial charge >= 0.3 is 17.9 Å². The number of carboxylic acid groups (broad SMARTS) is 1. The zero-order chi connectivity index (χ0) is 92.5. The lowest BCUT2D eigenvalue weighted by Crippen LogP contribution is -2.71. The first kappa shape index (κ1) is 98.3. The van der Waals surface area contributed by atoms with Gasteiger partial charge in [0.05, 0.1) is 86.4 Å². The Morgan fingerprint density at radius 2 is 0.656 bits per heavy atom. The lowest BCUT2D eigenvalue weighted by atomic mass is 9.92. The van der Waals surface area contributed by atoms with Gasteiger partial charge in [-0.15, -0.1) is 0 Å². The molecule has 8 N–H and O–H groups in total. The van der Waals surface area contributed by atoms with Crippen molar-refractivity contribution >= 4 is 17.9 Å². The second-order valence-electron chi connectivity index (χ2n) is 31.6. The van der Waals surface area contributed by atoms with E-state index < -0.39 is 228 Å². The Bertz CT molecular complexity index is 4850. The number of aliphatic carboxylic acids is 1. The lowest BCUT2D eigenvalue weighted by molar-refractivity contribution is -0.396. The van der Waals surface area contributed by atoms with Gasteiger partial charge in [0.15, 0.2) is 56.1 Å². The molecule has 6 heterocycles. The molecule has 0 unspecified atom stereocenters. The van der Waals surface area contributed by atoms with Crippen LogP contribution in [0.25, 0.3) is 31.3 Å². The van der Waals surface area contributed by atoms with Gasteiger partial charge in [0.2, 0.25) is 5.72 Å². The SMILES string of the molecule is COC(=O)[C@@H]1O[C@@H](O[C@H]2[C@H](OCc3ccccc3)[C@@H](N=[N+]=[N-])[C@@H](O[C@H]3[C@H](OCc4ccccc4)[C@@H](O)[C@H](OC(C)C)O[C@H]3C(=O)O)O[C@@H]2CO)[C@H](O)[C@@H](OCc2ccccc2)[C@@H]1O[C@H]1O[C@H](CO)[C@@H](O[C@@H]2O[C@@H](C(=O)OC)[C@@H](O[C@H]3O[C@H](CO)[C@@H](OCc4ccccc4)[C@H](OCc4ccccc4)[C@]3(O)N=[N+]=[N-])[C@H](OCc3ccccc3)[C@H]2O)[C@H](OCc2ccccc2)[C@H]1N=[N+]=[N-]. The minimum absolute atomic E-state index is 0.141. The number of azide groups is 3. The first-order chi connectivity index (χ1) is 63.7. The molecule has 6 fully saturated rings. The summed E-state index contributed by atoms with van der Waals surface area (Å²) in [5.74, 6) is -4.08. The molecule has 0 saturated carbocycles. The number of carboxylic acids is 1. The molecule has 7 aromatic carbocycles. The molecule has 0 bridgehead atoms. The largest absolute Gasteiger partial charge is 0.479 e. The van der Waals surface area contributed by atoms with Crippen LogP contribution in [0.5, 0.6) is 0 Å². The fourth-order valence-electron chi connectivity index (χ4n) is 16.2. The summed E-state index contributed by atoms with van der Waals surface area (Å²) in [6.07, 6.45) is -51.7. The summed E-state index contributed by atoms with van der Waals surface area (Å²) >= 11 is 0. The second kappa shape index (κ2) is 48.0.